The van der Waals surface area contributed by atoms with Gasteiger partial charge < -0.3 is 15.3 Å². The van der Waals surface area contributed by atoms with E-state index in [1.54, 1.807) is 0 Å². The van der Waals surface area contributed by atoms with E-state index in [1.807, 2.05) is 48.2 Å². The highest BCUT2D eigenvalue weighted by molar-refractivity contribution is 5.78. The van der Waals surface area contributed by atoms with E-state index in [9.17, 15) is 9.90 Å². The fourth-order valence-electron chi connectivity index (χ4n) is 2.55. The quantitative estimate of drug-likeness (QED) is 0.843. The maximum Gasteiger partial charge on any atom is 0.234 e. The molecule has 2 N–H and O–H groups in total. The highest BCUT2D eigenvalue weighted by Crippen LogP contribution is 2.12. The molecule has 0 bridgehead atoms. The van der Waals surface area contributed by atoms with Crippen molar-refractivity contribution >= 4 is 11.6 Å². The molecule has 5 heteroatoms. The van der Waals surface area contributed by atoms with E-state index in [-0.39, 0.29) is 12.0 Å². The van der Waals surface area contributed by atoms with Gasteiger partial charge in [0.1, 0.15) is 0 Å². The summed E-state index contributed by atoms with van der Waals surface area (Å²) in [6.07, 6.45) is 1.52. The molecule has 1 amide bonds. The average Bonchev–Trinajstić information content (AvgIpc) is 2.45. The van der Waals surface area contributed by atoms with Crippen molar-refractivity contribution in [1.29, 1.82) is 0 Å². The minimum absolute atomic E-state index is 0.0146. The third-order valence-corrected chi connectivity index (χ3v) is 3.79. The van der Waals surface area contributed by atoms with Gasteiger partial charge in [0.05, 0.1) is 12.6 Å². The van der Waals surface area contributed by atoms with Crippen LogP contribution in [0.25, 0.3) is 0 Å². The molecular formula is C16H25N3O2. The van der Waals surface area contributed by atoms with Gasteiger partial charge >= 0.3 is 0 Å². The van der Waals surface area contributed by atoms with Crippen molar-refractivity contribution in [3.05, 3.63) is 29.8 Å². The summed E-state index contributed by atoms with van der Waals surface area (Å²) in [6.45, 7) is 2.41. The lowest BCUT2D eigenvalue weighted by Crippen LogP contribution is -2.44. The van der Waals surface area contributed by atoms with Crippen LogP contribution in [0, 0.1) is 0 Å². The van der Waals surface area contributed by atoms with E-state index in [0.717, 1.165) is 30.6 Å². The number of carbonyl (C=O) groups is 1. The number of β-amino-alcohol motifs (C(OH)–C–C–N with tert-alkyl or cyclic N) is 1. The summed E-state index contributed by atoms with van der Waals surface area (Å²) in [5, 5.41) is 12.5. The number of aliphatic hydroxyl groups excluding tert-OH is 1. The van der Waals surface area contributed by atoms with Gasteiger partial charge in [-0.05, 0) is 37.1 Å². The van der Waals surface area contributed by atoms with Crippen molar-refractivity contribution in [2.75, 3.05) is 38.6 Å². The number of anilines is 1. The second-order valence-corrected chi connectivity index (χ2v) is 5.87. The molecule has 0 radical (unpaired) electrons. The average molecular weight is 291 g/mol. The molecule has 0 saturated carbocycles. The number of benzene rings is 1. The Morgan fingerprint density at radius 1 is 1.38 bits per heavy atom. The SMILES string of the molecule is CN(C)c1ccc(CNC(=O)CN2CCCC(O)C2)cc1. The molecule has 1 atom stereocenters. The van der Waals surface area contributed by atoms with Crippen LogP contribution in [0.4, 0.5) is 5.69 Å². The molecule has 2 rings (SSSR count). The predicted octanol–water partition coefficient (Wildman–Crippen LogP) is 0.825. The van der Waals surface area contributed by atoms with Gasteiger partial charge in [0.25, 0.3) is 0 Å². The van der Waals surface area contributed by atoms with Crippen molar-refractivity contribution in [3.8, 4) is 0 Å². The van der Waals surface area contributed by atoms with Crippen molar-refractivity contribution in [3.63, 3.8) is 0 Å². The van der Waals surface area contributed by atoms with E-state index >= 15 is 0 Å². The van der Waals surface area contributed by atoms with Gasteiger partial charge in [0.2, 0.25) is 5.91 Å². The van der Waals surface area contributed by atoms with Crippen LogP contribution in [0.1, 0.15) is 18.4 Å². The summed E-state index contributed by atoms with van der Waals surface area (Å²) in [5.74, 6) is 0.0146. The second kappa shape index (κ2) is 7.43. The van der Waals surface area contributed by atoms with Gasteiger partial charge in [-0.1, -0.05) is 12.1 Å². The maximum absolute atomic E-state index is 11.9. The van der Waals surface area contributed by atoms with E-state index in [0.29, 0.717) is 19.6 Å². The molecule has 1 unspecified atom stereocenters. The molecule has 0 aliphatic carbocycles. The molecule has 0 spiro atoms. The number of hydrogen-bond acceptors (Lipinski definition) is 4. The Hall–Kier alpha value is -1.59. The number of piperidine rings is 1. The lowest BCUT2D eigenvalue weighted by atomic mass is 10.1. The van der Waals surface area contributed by atoms with Crippen LogP contribution in [0.5, 0.6) is 0 Å². The monoisotopic (exact) mass is 291 g/mol. The van der Waals surface area contributed by atoms with Gasteiger partial charge in [-0.25, -0.2) is 0 Å². The van der Waals surface area contributed by atoms with Gasteiger partial charge in [0, 0.05) is 32.9 Å². The van der Waals surface area contributed by atoms with Gasteiger partial charge in [-0.15, -0.1) is 0 Å². The number of amides is 1. The van der Waals surface area contributed by atoms with Crippen LogP contribution in [-0.2, 0) is 11.3 Å². The lowest BCUT2D eigenvalue weighted by molar-refractivity contribution is -0.123. The smallest absolute Gasteiger partial charge is 0.234 e. The molecule has 0 aromatic heterocycles. The van der Waals surface area contributed by atoms with E-state index in [1.165, 1.54) is 0 Å². The predicted molar refractivity (Wildman–Crippen MR) is 84.3 cm³/mol. The molecule has 1 heterocycles. The third kappa shape index (κ3) is 5.02. The van der Waals surface area contributed by atoms with E-state index in [2.05, 4.69) is 5.32 Å². The van der Waals surface area contributed by atoms with Gasteiger partial charge in [0.15, 0.2) is 0 Å². The van der Waals surface area contributed by atoms with Crippen molar-refractivity contribution in [2.24, 2.45) is 0 Å². The molecule has 1 saturated heterocycles. The van der Waals surface area contributed by atoms with E-state index in [4.69, 9.17) is 0 Å². The number of carbonyl (C=O) groups excluding carboxylic acids is 1. The fourth-order valence-corrected chi connectivity index (χ4v) is 2.55. The largest absolute Gasteiger partial charge is 0.392 e. The van der Waals surface area contributed by atoms with Crippen LogP contribution in [-0.4, -0.2) is 55.7 Å². The van der Waals surface area contributed by atoms with Crippen molar-refractivity contribution in [1.82, 2.24) is 10.2 Å². The van der Waals surface area contributed by atoms with Crippen molar-refractivity contribution < 1.29 is 9.90 Å². The Balaban J connectivity index is 1.75. The fraction of sp³-hybridized carbons (Fsp3) is 0.562. The number of nitrogens with zero attached hydrogens (tertiary/aromatic N) is 2. The molecule has 1 aromatic carbocycles. The molecular weight excluding hydrogens is 266 g/mol. The lowest BCUT2D eigenvalue weighted by Gasteiger charge is -2.29. The molecule has 21 heavy (non-hydrogen) atoms. The van der Waals surface area contributed by atoms with Crippen molar-refractivity contribution in [2.45, 2.75) is 25.5 Å². The highest BCUT2D eigenvalue weighted by atomic mass is 16.3. The Morgan fingerprint density at radius 2 is 2.10 bits per heavy atom. The topological polar surface area (TPSA) is 55.8 Å². The van der Waals surface area contributed by atoms with E-state index < -0.39 is 0 Å². The second-order valence-electron chi connectivity index (χ2n) is 5.87. The zero-order valence-electron chi connectivity index (χ0n) is 12.9. The summed E-state index contributed by atoms with van der Waals surface area (Å²) >= 11 is 0. The van der Waals surface area contributed by atoms with Crippen LogP contribution in [0.2, 0.25) is 0 Å². The molecule has 1 aliphatic rings. The first-order valence-corrected chi connectivity index (χ1v) is 7.48. The van der Waals surface area contributed by atoms with Crippen LogP contribution in [0.15, 0.2) is 24.3 Å². The highest BCUT2D eigenvalue weighted by Gasteiger charge is 2.19. The number of nitrogens with one attached hydrogen (secondary N) is 1. The Morgan fingerprint density at radius 3 is 2.71 bits per heavy atom. The Labute approximate surface area is 126 Å². The molecule has 1 fully saturated rings. The summed E-state index contributed by atoms with van der Waals surface area (Å²) in [5.41, 5.74) is 2.24. The number of aliphatic hydroxyl groups is 1. The molecule has 5 nitrogen and oxygen atoms in total. The molecule has 1 aliphatic heterocycles. The molecule has 1 aromatic rings. The summed E-state index contributed by atoms with van der Waals surface area (Å²) < 4.78 is 0. The first-order chi connectivity index (χ1) is 10.0. The minimum Gasteiger partial charge on any atom is -0.392 e. The van der Waals surface area contributed by atoms with Gasteiger partial charge in [-0.3, -0.25) is 9.69 Å². The number of likely N-dealkylation sites (tertiary alicyclic amines) is 1. The first kappa shape index (κ1) is 15.8. The molecule has 116 valence electrons. The minimum atomic E-state index is -0.287. The summed E-state index contributed by atoms with van der Waals surface area (Å²) in [7, 11) is 4.01. The Kier molecular flexibility index (Phi) is 5.59. The Bertz CT molecular complexity index is 459. The zero-order chi connectivity index (χ0) is 15.2. The number of hydrogen-bond donors (Lipinski definition) is 2. The summed E-state index contributed by atoms with van der Waals surface area (Å²) in [4.78, 5) is 16.0. The normalized spacial score (nSPS) is 19.3. The standard InChI is InChI=1S/C16H25N3O2/c1-18(2)14-7-5-13(6-8-14)10-17-16(21)12-19-9-3-4-15(20)11-19/h5-8,15,20H,3-4,9-12H2,1-2H3,(H,17,21). The number of rotatable bonds is 5. The van der Waals surface area contributed by atoms with Crippen LogP contribution >= 0.6 is 0 Å². The summed E-state index contributed by atoms with van der Waals surface area (Å²) in [6, 6.07) is 8.14. The third-order valence-electron chi connectivity index (χ3n) is 3.79. The van der Waals surface area contributed by atoms with Gasteiger partial charge in [-0.2, -0.15) is 0 Å². The van der Waals surface area contributed by atoms with Crippen LogP contribution < -0.4 is 10.2 Å². The zero-order valence-corrected chi connectivity index (χ0v) is 12.9. The van der Waals surface area contributed by atoms with Crippen LogP contribution in [0.3, 0.4) is 0 Å². The maximum atomic E-state index is 11.9. The first-order valence-electron chi connectivity index (χ1n) is 7.48.